The molecule has 0 bridgehead atoms. The van der Waals surface area contributed by atoms with E-state index in [1.54, 1.807) is 0 Å². The highest BCUT2D eigenvalue weighted by Gasteiger charge is 2.17. The minimum absolute atomic E-state index is 0.0720. The standard InChI is InChI=1S/C15H14ClFN2O5/c1-24-6-5-19-14(22)10(7-18(15(19)23)8-12(20)21)9-3-2-4-11(17)13(9)16/h2-4,7H,5-6,8H2,1H3,(H,20,21). The zero-order valence-electron chi connectivity index (χ0n) is 12.7. The molecular weight excluding hydrogens is 343 g/mol. The molecule has 0 saturated carbocycles. The number of aromatic nitrogens is 2. The second kappa shape index (κ2) is 7.41. The fourth-order valence-corrected chi connectivity index (χ4v) is 2.42. The molecule has 24 heavy (non-hydrogen) atoms. The van der Waals surface area contributed by atoms with Crippen molar-refractivity contribution >= 4 is 17.6 Å². The largest absolute Gasteiger partial charge is 0.480 e. The lowest BCUT2D eigenvalue weighted by atomic mass is 10.1. The summed E-state index contributed by atoms with van der Waals surface area (Å²) in [5.74, 6) is -1.99. The van der Waals surface area contributed by atoms with E-state index in [1.807, 2.05) is 0 Å². The molecule has 0 radical (unpaired) electrons. The number of aliphatic carboxylic acids is 1. The van der Waals surface area contributed by atoms with Gasteiger partial charge >= 0.3 is 11.7 Å². The molecule has 0 unspecified atom stereocenters. The maximum Gasteiger partial charge on any atom is 0.331 e. The Morgan fingerprint density at radius 1 is 1.33 bits per heavy atom. The molecule has 0 fully saturated rings. The van der Waals surface area contributed by atoms with Crippen LogP contribution in [0.1, 0.15) is 0 Å². The van der Waals surface area contributed by atoms with Gasteiger partial charge in [0.2, 0.25) is 0 Å². The predicted molar refractivity (Wildman–Crippen MR) is 84.9 cm³/mol. The van der Waals surface area contributed by atoms with Crippen LogP contribution in [-0.2, 0) is 22.6 Å². The third kappa shape index (κ3) is 3.55. The molecule has 0 spiro atoms. The fourth-order valence-electron chi connectivity index (χ4n) is 2.19. The van der Waals surface area contributed by atoms with E-state index < -0.39 is 29.6 Å². The van der Waals surface area contributed by atoms with Gasteiger partial charge in [-0.1, -0.05) is 23.7 Å². The third-order valence-electron chi connectivity index (χ3n) is 3.30. The Morgan fingerprint density at radius 2 is 2.04 bits per heavy atom. The van der Waals surface area contributed by atoms with Crippen molar-refractivity contribution in [3.8, 4) is 11.1 Å². The van der Waals surface area contributed by atoms with E-state index in [1.165, 1.54) is 19.2 Å². The Bertz CT molecular complexity index is 890. The van der Waals surface area contributed by atoms with E-state index in [4.69, 9.17) is 21.4 Å². The van der Waals surface area contributed by atoms with Crippen LogP contribution in [0.25, 0.3) is 11.1 Å². The molecule has 1 aromatic heterocycles. The first-order valence-electron chi connectivity index (χ1n) is 6.86. The first-order valence-corrected chi connectivity index (χ1v) is 7.24. The lowest BCUT2D eigenvalue weighted by Gasteiger charge is -2.12. The van der Waals surface area contributed by atoms with Crippen molar-refractivity contribution in [3.63, 3.8) is 0 Å². The third-order valence-corrected chi connectivity index (χ3v) is 3.69. The van der Waals surface area contributed by atoms with Crippen LogP contribution < -0.4 is 11.2 Å². The number of rotatable bonds is 6. The van der Waals surface area contributed by atoms with Crippen LogP contribution in [0.2, 0.25) is 5.02 Å². The summed E-state index contributed by atoms with van der Waals surface area (Å²) in [4.78, 5) is 35.8. The number of halogens is 2. The zero-order chi connectivity index (χ0) is 17.9. The molecule has 1 N–H and O–H groups in total. The van der Waals surface area contributed by atoms with E-state index in [0.717, 1.165) is 21.4 Å². The van der Waals surface area contributed by atoms with Gasteiger partial charge in [-0.15, -0.1) is 0 Å². The highest BCUT2D eigenvalue weighted by atomic mass is 35.5. The average molecular weight is 357 g/mol. The van der Waals surface area contributed by atoms with Crippen LogP contribution in [0.5, 0.6) is 0 Å². The van der Waals surface area contributed by atoms with Crippen LogP contribution in [0.15, 0.2) is 34.0 Å². The number of nitrogens with zero attached hydrogens (tertiary/aromatic N) is 2. The summed E-state index contributed by atoms with van der Waals surface area (Å²) < 4.78 is 20.2. The summed E-state index contributed by atoms with van der Waals surface area (Å²) in [6.07, 6.45) is 1.07. The summed E-state index contributed by atoms with van der Waals surface area (Å²) in [6, 6.07) is 3.91. The highest BCUT2D eigenvalue weighted by molar-refractivity contribution is 6.33. The van der Waals surface area contributed by atoms with Gasteiger partial charge in [0.25, 0.3) is 5.56 Å². The number of carboxylic acids is 1. The van der Waals surface area contributed by atoms with E-state index in [2.05, 4.69) is 0 Å². The number of methoxy groups -OCH3 is 1. The first kappa shape index (κ1) is 17.9. The van der Waals surface area contributed by atoms with Crippen molar-refractivity contribution in [2.45, 2.75) is 13.1 Å². The van der Waals surface area contributed by atoms with E-state index in [0.29, 0.717) is 0 Å². The molecule has 1 aromatic carbocycles. The number of carbonyl (C=O) groups is 1. The number of hydrogen-bond donors (Lipinski definition) is 1. The topological polar surface area (TPSA) is 90.5 Å². The van der Waals surface area contributed by atoms with Crippen molar-refractivity contribution in [2.75, 3.05) is 13.7 Å². The molecule has 0 amide bonds. The highest BCUT2D eigenvalue weighted by Crippen LogP contribution is 2.27. The van der Waals surface area contributed by atoms with Crippen molar-refractivity contribution in [2.24, 2.45) is 0 Å². The zero-order valence-corrected chi connectivity index (χ0v) is 13.4. The maximum atomic E-state index is 13.7. The number of carboxylic acid groups (broad SMARTS) is 1. The minimum Gasteiger partial charge on any atom is -0.480 e. The van der Waals surface area contributed by atoms with Crippen LogP contribution in [0.3, 0.4) is 0 Å². The van der Waals surface area contributed by atoms with Crippen LogP contribution in [0.4, 0.5) is 4.39 Å². The summed E-state index contributed by atoms with van der Waals surface area (Å²) in [6.45, 7) is -0.650. The second-order valence-electron chi connectivity index (χ2n) is 4.90. The minimum atomic E-state index is -1.26. The van der Waals surface area contributed by atoms with Gasteiger partial charge in [-0.3, -0.25) is 18.7 Å². The number of ether oxygens (including phenoxy) is 1. The van der Waals surface area contributed by atoms with Crippen molar-refractivity contribution < 1.29 is 19.0 Å². The number of benzene rings is 1. The lowest BCUT2D eigenvalue weighted by molar-refractivity contribution is -0.137. The van der Waals surface area contributed by atoms with Crippen LogP contribution >= 0.6 is 11.6 Å². The molecule has 2 aromatic rings. The summed E-state index contributed by atoms with van der Waals surface area (Å²) in [7, 11) is 1.40. The molecule has 128 valence electrons. The Hall–Kier alpha value is -2.45. The first-order chi connectivity index (χ1) is 11.4. The molecule has 1 heterocycles. The average Bonchev–Trinajstić information content (AvgIpc) is 2.53. The SMILES string of the molecule is COCCn1c(=O)c(-c2cccc(F)c2Cl)cn(CC(=O)O)c1=O. The van der Waals surface area contributed by atoms with Gasteiger partial charge < -0.3 is 9.84 Å². The van der Waals surface area contributed by atoms with Crippen molar-refractivity contribution in [1.29, 1.82) is 0 Å². The van der Waals surface area contributed by atoms with Gasteiger partial charge in [-0.2, -0.15) is 0 Å². The molecule has 0 atom stereocenters. The van der Waals surface area contributed by atoms with Gasteiger partial charge in [0, 0.05) is 18.9 Å². The number of hydrogen-bond acceptors (Lipinski definition) is 4. The Kier molecular flexibility index (Phi) is 5.53. The van der Waals surface area contributed by atoms with Gasteiger partial charge in [0.15, 0.2) is 0 Å². The van der Waals surface area contributed by atoms with E-state index in [-0.39, 0.29) is 29.3 Å². The molecule has 0 aliphatic carbocycles. The van der Waals surface area contributed by atoms with E-state index in [9.17, 15) is 18.8 Å². The Morgan fingerprint density at radius 3 is 2.67 bits per heavy atom. The molecule has 0 aliphatic heterocycles. The summed E-state index contributed by atoms with van der Waals surface area (Å²) >= 11 is 5.90. The molecule has 9 heteroatoms. The van der Waals surface area contributed by atoms with Crippen LogP contribution in [-0.4, -0.2) is 33.9 Å². The molecule has 7 nitrogen and oxygen atoms in total. The monoisotopic (exact) mass is 356 g/mol. The molecule has 0 aliphatic rings. The smallest absolute Gasteiger partial charge is 0.331 e. The molecule has 2 rings (SSSR count). The Balaban J connectivity index is 2.75. The normalized spacial score (nSPS) is 10.8. The molecule has 0 saturated heterocycles. The molecular formula is C15H14ClFN2O5. The lowest BCUT2D eigenvalue weighted by Crippen LogP contribution is -2.42. The van der Waals surface area contributed by atoms with Gasteiger partial charge in [-0.05, 0) is 6.07 Å². The quantitative estimate of drug-likeness (QED) is 0.840. The second-order valence-corrected chi connectivity index (χ2v) is 5.28. The fraction of sp³-hybridized carbons (Fsp3) is 0.267. The summed E-state index contributed by atoms with van der Waals surface area (Å²) in [5, 5.41) is 8.65. The maximum absolute atomic E-state index is 13.7. The van der Waals surface area contributed by atoms with Gasteiger partial charge in [0.05, 0.1) is 23.7 Å². The van der Waals surface area contributed by atoms with Crippen molar-refractivity contribution in [1.82, 2.24) is 9.13 Å². The van der Waals surface area contributed by atoms with E-state index >= 15 is 0 Å². The predicted octanol–water partition coefficient (Wildman–Crippen LogP) is 1.20. The van der Waals surface area contributed by atoms with Gasteiger partial charge in [-0.25, -0.2) is 9.18 Å². The van der Waals surface area contributed by atoms with Crippen molar-refractivity contribution in [3.05, 3.63) is 56.1 Å². The van der Waals surface area contributed by atoms with Gasteiger partial charge in [0.1, 0.15) is 12.4 Å². The Labute approximate surface area is 140 Å². The van der Waals surface area contributed by atoms with Crippen LogP contribution in [0, 0.1) is 5.82 Å². The summed E-state index contributed by atoms with van der Waals surface area (Å²) in [5.41, 5.74) is -1.50.